The molecule has 0 N–H and O–H groups in total. The van der Waals surface area contributed by atoms with Gasteiger partial charge in [-0.15, -0.1) is 0 Å². The van der Waals surface area contributed by atoms with E-state index in [9.17, 15) is 9.18 Å². The van der Waals surface area contributed by atoms with Crippen LogP contribution in [0.3, 0.4) is 0 Å². The van der Waals surface area contributed by atoms with Crippen molar-refractivity contribution in [1.29, 1.82) is 0 Å². The number of benzene rings is 2. The van der Waals surface area contributed by atoms with Gasteiger partial charge in [0.05, 0.1) is 13.0 Å². The van der Waals surface area contributed by atoms with Gasteiger partial charge in [0.1, 0.15) is 5.82 Å². The Bertz CT molecular complexity index is 596. The lowest BCUT2D eigenvalue weighted by Crippen LogP contribution is -2.12. The summed E-state index contributed by atoms with van der Waals surface area (Å²) in [7, 11) is 0. The van der Waals surface area contributed by atoms with Crippen molar-refractivity contribution in [1.82, 2.24) is 0 Å². The Balaban J connectivity index is 2.05. The molecule has 0 aliphatic carbocycles. The van der Waals surface area contributed by atoms with Gasteiger partial charge in [-0.1, -0.05) is 24.3 Å². The highest BCUT2D eigenvalue weighted by Crippen LogP contribution is 2.26. The number of para-hydroxylation sites is 2. The lowest BCUT2D eigenvalue weighted by atomic mass is 10.1. The molecule has 0 aliphatic rings. The first-order valence-electron chi connectivity index (χ1n) is 6.36. The second-order valence-electron chi connectivity index (χ2n) is 4.16. The molecule has 2 aromatic carbocycles. The molecule has 0 heterocycles. The summed E-state index contributed by atoms with van der Waals surface area (Å²) in [5.74, 6) is 0.0612. The summed E-state index contributed by atoms with van der Waals surface area (Å²) in [4.78, 5) is 11.8. The van der Waals surface area contributed by atoms with E-state index in [0.29, 0.717) is 23.7 Å². The molecule has 0 spiro atoms. The van der Waals surface area contributed by atoms with Gasteiger partial charge in [-0.2, -0.15) is 0 Å². The quantitative estimate of drug-likeness (QED) is 0.619. The van der Waals surface area contributed by atoms with Crippen LogP contribution in [0, 0.1) is 5.82 Å². The van der Waals surface area contributed by atoms with E-state index in [1.54, 1.807) is 36.4 Å². The number of halogens is 1. The van der Waals surface area contributed by atoms with Gasteiger partial charge in [0.15, 0.2) is 11.5 Å². The zero-order valence-electron chi connectivity index (χ0n) is 11.1. The maximum absolute atomic E-state index is 13.0. The second-order valence-corrected chi connectivity index (χ2v) is 4.16. The molecule has 0 aromatic heterocycles. The molecule has 0 bridgehead atoms. The molecule has 0 unspecified atom stereocenters. The molecule has 0 aliphatic heterocycles. The number of hydrogen-bond acceptors (Lipinski definition) is 3. The first kappa shape index (κ1) is 14.1. The van der Waals surface area contributed by atoms with Crippen molar-refractivity contribution in [2.45, 2.75) is 13.3 Å². The zero-order chi connectivity index (χ0) is 14.4. The van der Waals surface area contributed by atoms with Crippen molar-refractivity contribution < 1.29 is 18.7 Å². The standard InChI is InChI=1S/C16H15FO3/c1-2-19-14-8-3-4-9-15(14)20-16(18)11-12-6-5-7-13(17)10-12/h3-10H,2,11H2,1H3. The van der Waals surface area contributed by atoms with E-state index >= 15 is 0 Å². The monoisotopic (exact) mass is 274 g/mol. The lowest BCUT2D eigenvalue weighted by molar-refractivity contribution is -0.133. The summed E-state index contributed by atoms with van der Waals surface area (Å²) in [5, 5.41) is 0. The third-order valence-corrected chi connectivity index (χ3v) is 2.61. The van der Waals surface area contributed by atoms with E-state index in [1.165, 1.54) is 12.1 Å². The normalized spacial score (nSPS) is 10.1. The molecular weight excluding hydrogens is 259 g/mol. The van der Waals surface area contributed by atoms with Crippen molar-refractivity contribution in [3.63, 3.8) is 0 Å². The van der Waals surface area contributed by atoms with Crippen molar-refractivity contribution >= 4 is 5.97 Å². The first-order valence-corrected chi connectivity index (χ1v) is 6.36. The summed E-state index contributed by atoms with van der Waals surface area (Å²) in [5.41, 5.74) is 0.573. The summed E-state index contributed by atoms with van der Waals surface area (Å²) >= 11 is 0. The van der Waals surface area contributed by atoms with Gasteiger partial charge in [-0.05, 0) is 36.8 Å². The van der Waals surface area contributed by atoms with Gasteiger partial charge in [0.25, 0.3) is 0 Å². The predicted octanol–water partition coefficient (Wildman–Crippen LogP) is 3.37. The van der Waals surface area contributed by atoms with Gasteiger partial charge in [-0.3, -0.25) is 4.79 Å². The molecule has 2 rings (SSSR count). The van der Waals surface area contributed by atoms with Crippen molar-refractivity contribution in [2.75, 3.05) is 6.61 Å². The molecule has 0 radical (unpaired) electrons. The molecule has 3 nitrogen and oxygen atoms in total. The Hall–Kier alpha value is -2.36. The topological polar surface area (TPSA) is 35.5 Å². The number of rotatable bonds is 5. The molecule has 0 fully saturated rings. The van der Waals surface area contributed by atoms with Crippen LogP contribution in [0.5, 0.6) is 11.5 Å². The largest absolute Gasteiger partial charge is 0.490 e. The van der Waals surface area contributed by atoms with E-state index in [1.807, 2.05) is 6.92 Å². The number of ether oxygens (including phenoxy) is 2. The third-order valence-electron chi connectivity index (χ3n) is 2.61. The van der Waals surface area contributed by atoms with Crippen LogP contribution >= 0.6 is 0 Å². The molecule has 4 heteroatoms. The van der Waals surface area contributed by atoms with Crippen LogP contribution < -0.4 is 9.47 Å². The highest BCUT2D eigenvalue weighted by molar-refractivity contribution is 5.75. The van der Waals surface area contributed by atoms with Crippen LogP contribution in [0.15, 0.2) is 48.5 Å². The van der Waals surface area contributed by atoms with Gasteiger partial charge >= 0.3 is 5.97 Å². The zero-order valence-corrected chi connectivity index (χ0v) is 11.1. The Labute approximate surface area is 117 Å². The van der Waals surface area contributed by atoms with E-state index in [2.05, 4.69) is 0 Å². The van der Waals surface area contributed by atoms with Gasteiger partial charge < -0.3 is 9.47 Å². The fourth-order valence-corrected chi connectivity index (χ4v) is 1.78. The van der Waals surface area contributed by atoms with Gasteiger partial charge in [0.2, 0.25) is 0 Å². The Morgan fingerprint density at radius 2 is 1.85 bits per heavy atom. The van der Waals surface area contributed by atoms with E-state index in [0.717, 1.165) is 0 Å². The van der Waals surface area contributed by atoms with Crippen molar-refractivity contribution in [3.05, 3.63) is 59.9 Å². The average Bonchev–Trinajstić information content (AvgIpc) is 2.41. The highest BCUT2D eigenvalue weighted by atomic mass is 19.1. The Kier molecular flexibility index (Phi) is 4.71. The van der Waals surface area contributed by atoms with Crippen LogP contribution in [0.25, 0.3) is 0 Å². The van der Waals surface area contributed by atoms with Crippen LogP contribution in [0.1, 0.15) is 12.5 Å². The fourth-order valence-electron chi connectivity index (χ4n) is 1.78. The summed E-state index contributed by atoms with van der Waals surface area (Å²) in [6, 6.07) is 12.8. The molecule has 20 heavy (non-hydrogen) atoms. The first-order chi connectivity index (χ1) is 9.69. The third kappa shape index (κ3) is 3.82. The maximum atomic E-state index is 13.0. The predicted molar refractivity (Wildman–Crippen MR) is 73.4 cm³/mol. The van der Waals surface area contributed by atoms with Gasteiger partial charge in [0, 0.05) is 0 Å². The average molecular weight is 274 g/mol. The smallest absolute Gasteiger partial charge is 0.315 e. The molecule has 0 atom stereocenters. The van der Waals surface area contributed by atoms with Crippen molar-refractivity contribution in [3.8, 4) is 11.5 Å². The Morgan fingerprint density at radius 3 is 2.55 bits per heavy atom. The van der Waals surface area contributed by atoms with Gasteiger partial charge in [-0.25, -0.2) is 4.39 Å². The van der Waals surface area contributed by atoms with Crippen molar-refractivity contribution in [2.24, 2.45) is 0 Å². The molecule has 104 valence electrons. The molecule has 0 amide bonds. The van der Waals surface area contributed by atoms with Crippen LogP contribution in [-0.2, 0) is 11.2 Å². The minimum Gasteiger partial charge on any atom is -0.490 e. The molecule has 0 saturated carbocycles. The minimum absolute atomic E-state index is 0.0121. The number of carbonyl (C=O) groups excluding carboxylic acids is 1. The summed E-state index contributed by atoms with van der Waals surface area (Å²) in [6.07, 6.45) is 0.0121. The summed E-state index contributed by atoms with van der Waals surface area (Å²) < 4.78 is 23.7. The van der Waals surface area contributed by atoms with Crippen LogP contribution in [-0.4, -0.2) is 12.6 Å². The summed E-state index contributed by atoms with van der Waals surface area (Å²) in [6.45, 7) is 2.34. The van der Waals surface area contributed by atoms with E-state index in [-0.39, 0.29) is 12.2 Å². The maximum Gasteiger partial charge on any atom is 0.315 e. The lowest BCUT2D eigenvalue weighted by Gasteiger charge is -2.10. The SMILES string of the molecule is CCOc1ccccc1OC(=O)Cc1cccc(F)c1. The van der Waals surface area contributed by atoms with E-state index in [4.69, 9.17) is 9.47 Å². The number of esters is 1. The second kappa shape index (κ2) is 6.70. The molecular formula is C16H15FO3. The molecule has 2 aromatic rings. The number of carbonyl (C=O) groups is 1. The van der Waals surface area contributed by atoms with Crippen LogP contribution in [0.2, 0.25) is 0 Å². The molecule has 0 saturated heterocycles. The highest BCUT2D eigenvalue weighted by Gasteiger charge is 2.10. The minimum atomic E-state index is -0.456. The van der Waals surface area contributed by atoms with E-state index < -0.39 is 5.97 Å². The fraction of sp³-hybridized carbons (Fsp3) is 0.188. The van der Waals surface area contributed by atoms with Crippen LogP contribution in [0.4, 0.5) is 4.39 Å². The number of hydrogen-bond donors (Lipinski definition) is 0. The Morgan fingerprint density at radius 1 is 1.10 bits per heavy atom.